The van der Waals surface area contributed by atoms with Crippen LogP contribution in [0.2, 0.25) is 0 Å². The summed E-state index contributed by atoms with van der Waals surface area (Å²) in [5.41, 5.74) is 2.45. The molecule has 0 bridgehead atoms. The second-order valence-corrected chi connectivity index (χ2v) is 5.52. The smallest absolute Gasteiger partial charge is 0.162 e. The summed E-state index contributed by atoms with van der Waals surface area (Å²) < 4.78 is 24.7. The summed E-state index contributed by atoms with van der Waals surface area (Å²) in [6.45, 7) is 5.62. The molecule has 124 valence electrons. The van der Waals surface area contributed by atoms with Crippen molar-refractivity contribution in [3.8, 4) is 11.5 Å². The van der Waals surface area contributed by atoms with Crippen LogP contribution in [0.1, 0.15) is 24.4 Å². The van der Waals surface area contributed by atoms with E-state index >= 15 is 0 Å². The summed E-state index contributed by atoms with van der Waals surface area (Å²) in [6.07, 6.45) is 2.27. The van der Waals surface area contributed by atoms with E-state index < -0.39 is 0 Å². The molecule has 3 aromatic rings. The van der Waals surface area contributed by atoms with Gasteiger partial charge in [0.15, 0.2) is 17.6 Å². The Kier molecular flexibility index (Phi) is 4.51. The van der Waals surface area contributed by atoms with E-state index in [4.69, 9.17) is 9.47 Å². The molecule has 0 aliphatic carbocycles. The zero-order chi connectivity index (χ0) is 17.1. The van der Waals surface area contributed by atoms with Gasteiger partial charge in [0.05, 0.1) is 18.1 Å². The quantitative estimate of drug-likeness (QED) is 0.675. The molecule has 1 atom stereocenters. The van der Waals surface area contributed by atoms with E-state index in [2.05, 4.69) is 16.5 Å². The number of aromatic nitrogens is 2. The van der Waals surface area contributed by atoms with Gasteiger partial charge in [-0.1, -0.05) is 12.1 Å². The third-order valence-electron chi connectivity index (χ3n) is 3.76. The van der Waals surface area contributed by atoms with Crippen LogP contribution in [0, 0.1) is 5.82 Å². The topological polar surface area (TPSA) is 47.1 Å². The van der Waals surface area contributed by atoms with Crippen molar-refractivity contribution in [1.29, 1.82) is 0 Å². The molecule has 0 fully saturated rings. The van der Waals surface area contributed by atoms with Crippen molar-refractivity contribution in [3.63, 3.8) is 0 Å². The molecular weight excluding hydrogens is 307 g/mol. The summed E-state index contributed by atoms with van der Waals surface area (Å²) in [6, 6.07) is 10.2. The Hall–Kier alpha value is -2.82. The molecule has 0 aliphatic rings. The van der Waals surface area contributed by atoms with Crippen LogP contribution < -0.4 is 9.47 Å². The Morgan fingerprint density at radius 2 is 2.08 bits per heavy atom. The number of nitrogens with zero attached hydrogens (tertiary/aromatic N) is 1. The van der Waals surface area contributed by atoms with Gasteiger partial charge in [0.25, 0.3) is 0 Å². The SMILES string of the molecule is C=CCc1ccc(O[C@@H](C)c2nc3ccc(F)cc3[nH]2)c(OC)c1. The number of rotatable bonds is 6. The lowest BCUT2D eigenvalue weighted by Gasteiger charge is -2.16. The number of imidazole rings is 1. The minimum atomic E-state index is -0.334. The van der Waals surface area contributed by atoms with Crippen molar-refractivity contribution in [2.45, 2.75) is 19.4 Å². The van der Waals surface area contributed by atoms with Crippen LogP contribution in [0.25, 0.3) is 11.0 Å². The summed E-state index contributed by atoms with van der Waals surface area (Å²) in [4.78, 5) is 7.55. The van der Waals surface area contributed by atoms with Gasteiger partial charge < -0.3 is 14.5 Å². The van der Waals surface area contributed by atoms with Gasteiger partial charge in [-0.2, -0.15) is 0 Å². The van der Waals surface area contributed by atoms with Crippen LogP contribution in [-0.4, -0.2) is 17.1 Å². The molecule has 0 unspecified atom stereocenters. The Labute approximate surface area is 139 Å². The molecule has 0 aliphatic heterocycles. The number of allylic oxidation sites excluding steroid dienone is 1. The first kappa shape index (κ1) is 16.1. The van der Waals surface area contributed by atoms with Crippen molar-refractivity contribution in [2.75, 3.05) is 7.11 Å². The van der Waals surface area contributed by atoms with Crippen molar-refractivity contribution >= 4 is 11.0 Å². The number of aromatic amines is 1. The van der Waals surface area contributed by atoms with Gasteiger partial charge in [-0.25, -0.2) is 9.37 Å². The Bertz CT molecular complexity index is 873. The van der Waals surface area contributed by atoms with E-state index in [1.54, 1.807) is 13.2 Å². The lowest BCUT2D eigenvalue weighted by atomic mass is 10.1. The van der Waals surface area contributed by atoms with Crippen LogP contribution in [0.3, 0.4) is 0 Å². The summed E-state index contributed by atoms with van der Waals surface area (Å²) in [5.74, 6) is 1.62. The third-order valence-corrected chi connectivity index (χ3v) is 3.76. The highest BCUT2D eigenvalue weighted by Crippen LogP contribution is 2.32. The monoisotopic (exact) mass is 326 g/mol. The number of hydrogen-bond donors (Lipinski definition) is 1. The van der Waals surface area contributed by atoms with Crippen molar-refractivity contribution < 1.29 is 13.9 Å². The molecule has 24 heavy (non-hydrogen) atoms. The Balaban J connectivity index is 1.84. The number of nitrogens with one attached hydrogen (secondary N) is 1. The van der Waals surface area contributed by atoms with Gasteiger partial charge in [0, 0.05) is 0 Å². The molecule has 0 amide bonds. The predicted molar refractivity (Wildman–Crippen MR) is 92.0 cm³/mol. The number of methoxy groups -OCH3 is 1. The Morgan fingerprint density at radius 1 is 1.25 bits per heavy atom. The number of ether oxygens (including phenoxy) is 2. The normalized spacial score (nSPS) is 12.1. The standard InChI is InChI=1S/C19H19FN2O2/c1-4-5-13-6-9-17(18(10-13)23-3)24-12(2)19-21-15-8-7-14(20)11-16(15)22-19/h4,6-12H,1,5H2,2-3H3,(H,21,22)/t12-/m0/s1. The average Bonchev–Trinajstić information content (AvgIpc) is 2.99. The molecule has 0 saturated heterocycles. The molecule has 4 nitrogen and oxygen atoms in total. The second kappa shape index (κ2) is 6.74. The lowest BCUT2D eigenvalue weighted by molar-refractivity contribution is 0.208. The molecule has 3 rings (SSSR count). The summed E-state index contributed by atoms with van der Waals surface area (Å²) in [7, 11) is 1.61. The summed E-state index contributed by atoms with van der Waals surface area (Å²) in [5, 5.41) is 0. The van der Waals surface area contributed by atoms with Gasteiger partial charge in [-0.3, -0.25) is 0 Å². The van der Waals surface area contributed by atoms with E-state index in [0.717, 1.165) is 12.0 Å². The van der Waals surface area contributed by atoms with Crippen molar-refractivity contribution in [1.82, 2.24) is 9.97 Å². The molecule has 0 saturated carbocycles. The first-order chi connectivity index (χ1) is 11.6. The molecule has 0 spiro atoms. The van der Waals surface area contributed by atoms with E-state index in [1.165, 1.54) is 12.1 Å². The fraction of sp³-hybridized carbons (Fsp3) is 0.211. The second-order valence-electron chi connectivity index (χ2n) is 5.52. The summed E-state index contributed by atoms with van der Waals surface area (Å²) >= 11 is 0. The highest BCUT2D eigenvalue weighted by Gasteiger charge is 2.15. The lowest BCUT2D eigenvalue weighted by Crippen LogP contribution is -2.06. The van der Waals surface area contributed by atoms with E-state index in [9.17, 15) is 4.39 Å². The molecule has 2 aromatic carbocycles. The first-order valence-corrected chi connectivity index (χ1v) is 7.70. The van der Waals surface area contributed by atoms with Crippen LogP contribution in [0.4, 0.5) is 4.39 Å². The molecule has 1 aromatic heterocycles. The number of halogens is 1. The number of H-pyrrole nitrogens is 1. The van der Waals surface area contributed by atoms with Crippen LogP contribution in [0.15, 0.2) is 49.1 Å². The van der Waals surface area contributed by atoms with E-state index in [1.807, 2.05) is 31.2 Å². The number of fused-ring (bicyclic) bond motifs is 1. The van der Waals surface area contributed by atoms with Gasteiger partial charge in [-0.15, -0.1) is 6.58 Å². The van der Waals surface area contributed by atoms with Gasteiger partial charge in [0.2, 0.25) is 0 Å². The zero-order valence-electron chi connectivity index (χ0n) is 13.7. The third kappa shape index (κ3) is 3.25. The Morgan fingerprint density at radius 3 is 2.83 bits per heavy atom. The van der Waals surface area contributed by atoms with E-state index in [0.29, 0.717) is 28.4 Å². The van der Waals surface area contributed by atoms with Crippen LogP contribution in [0.5, 0.6) is 11.5 Å². The minimum Gasteiger partial charge on any atom is -0.493 e. The maximum absolute atomic E-state index is 13.3. The zero-order valence-corrected chi connectivity index (χ0v) is 13.7. The highest BCUT2D eigenvalue weighted by atomic mass is 19.1. The maximum atomic E-state index is 13.3. The molecular formula is C19H19FN2O2. The van der Waals surface area contributed by atoms with Gasteiger partial charge in [0.1, 0.15) is 11.6 Å². The van der Waals surface area contributed by atoms with Crippen LogP contribution in [-0.2, 0) is 6.42 Å². The van der Waals surface area contributed by atoms with Gasteiger partial charge >= 0.3 is 0 Å². The van der Waals surface area contributed by atoms with Gasteiger partial charge in [-0.05, 0) is 49.2 Å². The first-order valence-electron chi connectivity index (χ1n) is 7.70. The highest BCUT2D eigenvalue weighted by molar-refractivity contribution is 5.75. The number of benzene rings is 2. The molecule has 0 radical (unpaired) electrons. The molecule has 5 heteroatoms. The van der Waals surface area contributed by atoms with Crippen molar-refractivity contribution in [3.05, 3.63) is 66.3 Å². The maximum Gasteiger partial charge on any atom is 0.162 e. The minimum absolute atomic E-state index is 0.300. The fourth-order valence-electron chi connectivity index (χ4n) is 2.54. The van der Waals surface area contributed by atoms with Crippen molar-refractivity contribution in [2.24, 2.45) is 0 Å². The van der Waals surface area contributed by atoms with E-state index in [-0.39, 0.29) is 11.9 Å². The fourth-order valence-corrected chi connectivity index (χ4v) is 2.54. The molecule has 1 heterocycles. The number of hydrogen-bond acceptors (Lipinski definition) is 3. The predicted octanol–water partition coefficient (Wildman–Crippen LogP) is 4.58. The van der Waals surface area contributed by atoms with Crippen LogP contribution >= 0.6 is 0 Å². The largest absolute Gasteiger partial charge is 0.493 e. The molecule has 1 N–H and O–H groups in total. The average molecular weight is 326 g/mol.